The SMILES string of the molecule is ONC(CC1CCCCC1)=Nc1cccc(Cl)c1. The molecule has 0 atom stereocenters. The van der Waals surface area contributed by atoms with Crippen molar-refractivity contribution in [2.75, 3.05) is 0 Å². The molecule has 0 radical (unpaired) electrons. The minimum Gasteiger partial charge on any atom is -0.290 e. The van der Waals surface area contributed by atoms with Crippen LogP contribution in [0.2, 0.25) is 5.02 Å². The fourth-order valence-electron chi connectivity index (χ4n) is 2.48. The summed E-state index contributed by atoms with van der Waals surface area (Å²) in [6.45, 7) is 0. The van der Waals surface area contributed by atoms with Crippen molar-refractivity contribution in [3.63, 3.8) is 0 Å². The molecule has 0 spiro atoms. The monoisotopic (exact) mass is 266 g/mol. The Labute approximate surface area is 113 Å². The summed E-state index contributed by atoms with van der Waals surface area (Å²) in [4.78, 5) is 4.40. The van der Waals surface area contributed by atoms with Gasteiger partial charge in [0, 0.05) is 11.4 Å². The zero-order valence-electron chi connectivity index (χ0n) is 10.4. The Bertz CT molecular complexity index is 414. The first-order valence-corrected chi connectivity index (χ1v) is 6.89. The van der Waals surface area contributed by atoms with Crippen LogP contribution in [0.25, 0.3) is 0 Å². The third-order valence-corrected chi connectivity index (χ3v) is 3.64. The maximum absolute atomic E-state index is 9.17. The first-order chi connectivity index (χ1) is 8.78. The van der Waals surface area contributed by atoms with Crippen LogP contribution in [-0.4, -0.2) is 11.0 Å². The van der Waals surface area contributed by atoms with E-state index < -0.39 is 0 Å². The lowest BCUT2D eigenvalue weighted by atomic mass is 9.87. The number of hydrogen-bond acceptors (Lipinski definition) is 2. The van der Waals surface area contributed by atoms with Gasteiger partial charge in [0.15, 0.2) is 0 Å². The van der Waals surface area contributed by atoms with Crippen LogP contribution in [0.15, 0.2) is 29.3 Å². The molecule has 98 valence electrons. The Kier molecular flexibility index (Phi) is 5.02. The first kappa shape index (κ1) is 13.4. The number of nitrogens with zero attached hydrogens (tertiary/aromatic N) is 1. The van der Waals surface area contributed by atoms with Crippen molar-refractivity contribution in [2.24, 2.45) is 10.9 Å². The number of rotatable bonds is 3. The van der Waals surface area contributed by atoms with Gasteiger partial charge in [-0.2, -0.15) is 0 Å². The summed E-state index contributed by atoms with van der Waals surface area (Å²) in [5.74, 6) is 1.26. The van der Waals surface area contributed by atoms with E-state index in [1.165, 1.54) is 32.1 Å². The fourth-order valence-corrected chi connectivity index (χ4v) is 2.67. The second-order valence-corrected chi connectivity index (χ2v) is 5.29. The maximum Gasteiger partial charge on any atom is 0.126 e. The molecule has 0 aliphatic heterocycles. The Morgan fingerprint density at radius 1 is 1.33 bits per heavy atom. The Balaban J connectivity index is 2.02. The van der Waals surface area contributed by atoms with Gasteiger partial charge in [-0.25, -0.2) is 4.99 Å². The summed E-state index contributed by atoms with van der Waals surface area (Å²) in [5, 5.41) is 9.83. The molecule has 1 fully saturated rings. The molecule has 1 aromatic carbocycles. The van der Waals surface area contributed by atoms with Gasteiger partial charge in [-0.3, -0.25) is 10.7 Å². The van der Waals surface area contributed by atoms with E-state index in [1.807, 2.05) is 18.2 Å². The van der Waals surface area contributed by atoms with Crippen LogP contribution in [0, 0.1) is 5.92 Å². The van der Waals surface area contributed by atoms with Crippen molar-refractivity contribution in [1.82, 2.24) is 5.48 Å². The van der Waals surface area contributed by atoms with Crippen molar-refractivity contribution in [3.05, 3.63) is 29.3 Å². The van der Waals surface area contributed by atoms with E-state index in [1.54, 1.807) is 6.07 Å². The minimum atomic E-state index is 0.629. The third-order valence-electron chi connectivity index (χ3n) is 3.41. The normalized spacial score (nSPS) is 17.8. The van der Waals surface area contributed by atoms with Gasteiger partial charge in [0.2, 0.25) is 0 Å². The molecule has 1 aliphatic carbocycles. The molecule has 2 rings (SSSR count). The van der Waals surface area contributed by atoms with Crippen LogP contribution in [0.5, 0.6) is 0 Å². The van der Waals surface area contributed by atoms with Crippen LogP contribution in [0.1, 0.15) is 38.5 Å². The molecule has 0 aromatic heterocycles. The summed E-state index contributed by atoms with van der Waals surface area (Å²) in [6.07, 6.45) is 7.19. The number of nitrogens with one attached hydrogen (secondary N) is 1. The van der Waals surface area contributed by atoms with Crippen LogP contribution >= 0.6 is 11.6 Å². The van der Waals surface area contributed by atoms with Gasteiger partial charge < -0.3 is 0 Å². The van der Waals surface area contributed by atoms with E-state index in [9.17, 15) is 5.21 Å². The molecule has 1 aliphatic rings. The van der Waals surface area contributed by atoms with Crippen LogP contribution < -0.4 is 5.48 Å². The number of hydroxylamine groups is 1. The first-order valence-electron chi connectivity index (χ1n) is 6.51. The summed E-state index contributed by atoms with van der Waals surface area (Å²) >= 11 is 5.91. The van der Waals surface area contributed by atoms with E-state index in [2.05, 4.69) is 10.5 Å². The number of amidine groups is 1. The maximum atomic E-state index is 9.17. The fraction of sp³-hybridized carbons (Fsp3) is 0.500. The van der Waals surface area contributed by atoms with Crippen molar-refractivity contribution in [1.29, 1.82) is 0 Å². The second kappa shape index (κ2) is 6.76. The van der Waals surface area contributed by atoms with Crippen LogP contribution in [-0.2, 0) is 0 Å². The average Bonchev–Trinajstić information content (AvgIpc) is 2.39. The molecule has 0 bridgehead atoms. The van der Waals surface area contributed by atoms with Gasteiger partial charge in [-0.05, 0) is 24.1 Å². The largest absolute Gasteiger partial charge is 0.290 e. The Morgan fingerprint density at radius 3 is 2.78 bits per heavy atom. The summed E-state index contributed by atoms with van der Waals surface area (Å²) in [7, 11) is 0. The van der Waals surface area contributed by atoms with Gasteiger partial charge in [0.05, 0.1) is 5.69 Å². The van der Waals surface area contributed by atoms with E-state index in [0.717, 1.165) is 12.1 Å². The molecular weight excluding hydrogens is 248 g/mol. The van der Waals surface area contributed by atoms with E-state index in [4.69, 9.17) is 11.6 Å². The summed E-state index contributed by atoms with van der Waals surface area (Å²) < 4.78 is 0. The topological polar surface area (TPSA) is 44.6 Å². The number of aliphatic imine (C=N–C) groups is 1. The lowest BCUT2D eigenvalue weighted by molar-refractivity contribution is 0.227. The molecule has 1 aromatic rings. The molecule has 0 heterocycles. The lowest BCUT2D eigenvalue weighted by Crippen LogP contribution is -2.23. The second-order valence-electron chi connectivity index (χ2n) is 4.86. The summed E-state index contributed by atoms with van der Waals surface area (Å²) in [5.41, 5.74) is 3.00. The lowest BCUT2D eigenvalue weighted by Gasteiger charge is -2.21. The molecule has 2 N–H and O–H groups in total. The van der Waals surface area contributed by atoms with Crippen LogP contribution in [0.3, 0.4) is 0 Å². The van der Waals surface area contributed by atoms with E-state index in [0.29, 0.717) is 16.8 Å². The quantitative estimate of drug-likeness (QED) is 0.486. The zero-order chi connectivity index (χ0) is 12.8. The van der Waals surface area contributed by atoms with Gasteiger partial charge >= 0.3 is 0 Å². The predicted molar refractivity (Wildman–Crippen MR) is 74.7 cm³/mol. The van der Waals surface area contributed by atoms with E-state index in [-0.39, 0.29) is 0 Å². The van der Waals surface area contributed by atoms with Gasteiger partial charge in [-0.15, -0.1) is 0 Å². The van der Waals surface area contributed by atoms with Crippen molar-refractivity contribution in [2.45, 2.75) is 38.5 Å². The molecule has 3 nitrogen and oxygen atoms in total. The minimum absolute atomic E-state index is 0.629. The Hall–Kier alpha value is -1.06. The highest BCUT2D eigenvalue weighted by atomic mass is 35.5. The van der Waals surface area contributed by atoms with Crippen LogP contribution in [0.4, 0.5) is 5.69 Å². The predicted octanol–water partition coefficient (Wildman–Crippen LogP) is 4.32. The molecule has 0 saturated heterocycles. The number of halogens is 1. The molecule has 0 unspecified atom stereocenters. The Morgan fingerprint density at radius 2 is 2.11 bits per heavy atom. The highest BCUT2D eigenvalue weighted by Gasteiger charge is 2.15. The van der Waals surface area contributed by atoms with Crippen molar-refractivity contribution >= 4 is 23.1 Å². The van der Waals surface area contributed by atoms with Gasteiger partial charge in [-0.1, -0.05) is 49.8 Å². The molecule has 4 heteroatoms. The van der Waals surface area contributed by atoms with Crippen molar-refractivity contribution in [3.8, 4) is 0 Å². The van der Waals surface area contributed by atoms with Gasteiger partial charge in [0.25, 0.3) is 0 Å². The number of benzene rings is 1. The molecule has 0 amide bonds. The van der Waals surface area contributed by atoms with Crippen molar-refractivity contribution < 1.29 is 5.21 Å². The highest BCUT2D eigenvalue weighted by Crippen LogP contribution is 2.27. The molecular formula is C14H19ClN2O. The molecule has 18 heavy (non-hydrogen) atoms. The van der Waals surface area contributed by atoms with Gasteiger partial charge in [0.1, 0.15) is 5.84 Å². The van der Waals surface area contributed by atoms with E-state index >= 15 is 0 Å². The number of hydrogen-bond donors (Lipinski definition) is 2. The smallest absolute Gasteiger partial charge is 0.126 e. The highest BCUT2D eigenvalue weighted by molar-refractivity contribution is 6.30. The molecule has 1 saturated carbocycles. The standard InChI is InChI=1S/C14H19ClN2O/c15-12-7-4-8-13(10-12)16-14(17-18)9-11-5-2-1-3-6-11/h4,7-8,10-11,18H,1-3,5-6,9H2,(H,16,17). The zero-order valence-corrected chi connectivity index (χ0v) is 11.2. The summed E-state index contributed by atoms with van der Waals surface area (Å²) in [6, 6.07) is 7.34. The third kappa shape index (κ3) is 4.00. The average molecular weight is 267 g/mol.